The van der Waals surface area contributed by atoms with Gasteiger partial charge in [0.1, 0.15) is 0 Å². The summed E-state index contributed by atoms with van der Waals surface area (Å²) in [4.78, 5) is 11.7. The van der Waals surface area contributed by atoms with Gasteiger partial charge in [-0.2, -0.15) is 0 Å². The van der Waals surface area contributed by atoms with E-state index in [0.717, 1.165) is 0 Å². The Kier molecular flexibility index (Phi) is 6.76. The minimum atomic E-state index is 0.343. The fraction of sp³-hybridized carbons (Fsp3) is 1.00. The van der Waals surface area contributed by atoms with Crippen LogP contribution in [0, 0.1) is 10.8 Å². The summed E-state index contributed by atoms with van der Waals surface area (Å²) >= 11 is 0. The highest BCUT2D eigenvalue weighted by Crippen LogP contribution is 2.44. The lowest BCUT2D eigenvalue weighted by molar-refractivity contribution is -0.362. The first kappa shape index (κ1) is 18.3. The van der Waals surface area contributed by atoms with E-state index >= 15 is 0 Å². The molecule has 0 saturated heterocycles. The monoisotopic (exact) mass is 310 g/mol. The Bertz CT molecular complexity index is 266. The molecule has 22 heavy (non-hydrogen) atoms. The molecule has 0 radical (unpaired) electrons. The van der Waals surface area contributed by atoms with E-state index in [0.29, 0.717) is 23.0 Å². The van der Waals surface area contributed by atoms with Crippen molar-refractivity contribution in [3.8, 4) is 0 Å². The highest BCUT2D eigenvalue weighted by molar-refractivity contribution is 4.85. The molecule has 0 aromatic rings. The average molecular weight is 311 g/mol. The largest absolute Gasteiger partial charge is 0.233 e. The molecule has 2 aliphatic carbocycles. The Hall–Kier alpha value is -0.0800. The first-order valence-electron chi connectivity index (χ1n) is 9.93. The molecule has 2 heteroatoms. The Morgan fingerprint density at radius 3 is 1.09 bits per heavy atom. The van der Waals surface area contributed by atoms with E-state index in [-0.39, 0.29) is 0 Å². The third-order valence-corrected chi connectivity index (χ3v) is 7.31. The van der Waals surface area contributed by atoms with Crippen LogP contribution in [0.2, 0.25) is 0 Å². The highest BCUT2D eigenvalue weighted by Gasteiger charge is 2.35. The minimum absolute atomic E-state index is 0.343. The molecule has 0 spiro atoms. The first-order valence-corrected chi connectivity index (χ1v) is 9.93. The van der Waals surface area contributed by atoms with Crippen molar-refractivity contribution in [1.29, 1.82) is 0 Å². The van der Waals surface area contributed by atoms with E-state index in [1.54, 1.807) is 0 Å². The van der Waals surface area contributed by atoms with Crippen molar-refractivity contribution in [2.45, 2.75) is 117 Å². The summed E-state index contributed by atoms with van der Waals surface area (Å²) < 4.78 is 0. The number of hydrogen-bond acceptors (Lipinski definition) is 2. The second-order valence-electron chi connectivity index (χ2n) is 8.01. The van der Waals surface area contributed by atoms with E-state index in [1.807, 2.05) is 0 Å². The lowest BCUT2D eigenvalue weighted by atomic mass is 9.70. The molecule has 2 nitrogen and oxygen atoms in total. The van der Waals surface area contributed by atoms with Gasteiger partial charge in [0.25, 0.3) is 0 Å². The minimum Gasteiger partial charge on any atom is -0.233 e. The molecule has 0 aromatic heterocycles. The molecular weight excluding hydrogens is 272 g/mol. The van der Waals surface area contributed by atoms with E-state index in [4.69, 9.17) is 9.78 Å². The molecule has 0 atom stereocenters. The normalized spacial score (nSPS) is 26.2. The van der Waals surface area contributed by atoms with Gasteiger partial charge in [0, 0.05) is 0 Å². The fourth-order valence-corrected chi connectivity index (χ4v) is 4.67. The van der Waals surface area contributed by atoms with Crippen molar-refractivity contribution >= 4 is 0 Å². The van der Waals surface area contributed by atoms with Crippen molar-refractivity contribution in [2.75, 3.05) is 0 Å². The molecule has 2 aliphatic rings. The van der Waals surface area contributed by atoms with Crippen molar-refractivity contribution < 1.29 is 9.78 Å². The van der Waals surface area contributed by atoms with Gasteiger partial charge in [-0.25, -0.2) is 9.78 Å². The summed E-state index contributed by atoms with van der Waals surface area (Å²) in [6.45, 7) is 9.38. The first-order chi connectivity index (χ1) is 10.6. The summed E-state index contributed by atoms with van der Waals surface area (Å²) in [5.74, 6) is 0. The molecule has 2 saturated carbocycles. The summed E-state index contributed by atoms with van der Waals surface area (Å²) in [5.41, 5.74) is 1.18. The fourth-order valence-electron chi connectivity index (χ4n) is 4.67. The van der Waals surface area contributed by atoms with Crippen LogP contribution in [0.4, 0.5) is 0 Å². The zero-order valence-corrected chi connectivity index (χ0v) is 15.5. The smallest absolute Gasteiger partial charge is 0.0930 e. The van der Waals surface area contributed by atoms with E-state index in [1.165, 1.54) is 77.0 Å². The maximum absolute atomic E-state index is 5.84. The Balaban J connectivity index is 1.68. The van der Waals surface area contributed by atoms with E-state index < -0.39 is 0 Å². The number of hydrogen-bond donors (Lipinski definition) is 0. The lowest BCUT2D eigenvalue weighted by Gasteiger charge is -2.40. The lowest BCUT2D eigenvalue weighted by Crippen LogP contribution is -2.33. The van der Waals surface area contributed by atoms with Crippen molar-refractivity contribution in [1.82, 2.24) is 0 Å². The SMILES string of the molecule is CCC1(CC)CCC(OOC2CCC(CC)(CC)CC2)CC1. The second kappa shape index (κ2) is 8.15. The van der Waals surface area contributed by atoms with Gasteiger partial charge in [-0.1, -0.05) is 53.4 Å². The van der Waals surface area contributed by atoms with Crippen LogP contribution in [0.15, 0.2) is 0 Å². The molecule has 0 bridgehead atoms. The molecule has 0 N–H and O–H groups in total. The van der Waals surface area contributed by atoms with Crippen LogP contribution in [0.25, 0.3) is 0 Å². The summed E-state index contributed by atoms with van der Waals surface area (Å²) in [5, 5.41) is 0. The van der Waals surface area contributed by atoms with Crippen LogP contribution in [0.5, 0.6) is 0 Å². The molecule has 0 heterocycles. The zero-order chi connectivity index (χ0) is 16.1. The Morgan fingerprint density at radius 1 is 0.591 bits per heavy atom. The average Bonchev–Trinajstić information content (AvgIpc) is 2.61. The van der Waals surface area contributed by atoms with Crippen LogP contribution in [-0.2, 0) is 9.78 Å². The maximum Gasteiger partial charge on any atom is 0.0930 e. The van der Waals surface area contributed by atoms with Gasteiger partial charge >= 0.3 is 0 Å². The topological polar surface area (TPSA) is 18.5 Å². The van der Waals surface area contributed by atoms with Crippen molar-refractivity contribution in [3.63, 3.8) is 0 Å². The van der Waals surface area contributed by atoms with Crippen LogP contribution < -0.4 is 0 Å². The van der Waals surface area contributed by atoms with Gasteiger partial charge in [0.2, 0.25) is 0 Å². The molecule has 0 aromatic carbocycles. The molecule has 2 rings (SSSR count). The van der Waals surface area contributed by atoms with Gasteiger partial charge in [-0.05, 0) is 62.2 Å². The zero-order valence-electron chi connectivity index (χ0n) is 15.5. The molecule has 2 fully saturated rings. The Morgan fingerprint density at radius 2 is 0.864 bits per heavy atom. The number of rotatable bonds is 7. The molecule has 0 amide bonds. The predicted octanol–water partition coefficient (Wildman–Crippen LogP) is 6.43. The molecule has 0 unspecified atom stereocenters. The molecule has 0 aliphatic heterocycles. The third kappa shape index (κ3) is 4.26. The van der Waals surface area contributed by atoms with Crippen LogP contribution in [0.1, 0.15) is 105 Å². The van der Waals surface area contributed by atoms with E-state index in [9.17, 15) is 0 Å². The van der Waals surface area contributed by atoms with E-state index in [2.05, 4.69) is 27.7 Å². The second-order valence-corrected chi connectivity index (χ2v) is 8.01. The molecular formula is C20H38O2. The standard InChI is InChI=1S/C20H38O2/c1-5-19(6-2)13-9-17(10-14-19)21-22-18-11-15-20(7-3,8-4)16-12-18/h17-18H,5-16H2,1-4H3. The van der Waals surface area contributed by atoms with Crippen LogP contribution in [0.3, 0.4) is 0 Å². The van der Waals surface area contributed by atoms with Crippen molar-refractivity contribution in [3.05, 3.63) is 0 Å². The van der Waals surface area contributed by atoms with Gasteiger partial charge in [0.15, 0.2) is 0 Å². The maximum atomic E-state index is 5.84. The summed E-state index contributed by atoms with van der Waals surface area (Å²) in [7, 11) is 0. The summed E-state index contributed by atoms with van der Waals surface area (Å²) in [6, 6.07) is 0. The highest BCUT2D eigenvalue weighted by atomic mass is 17.2. The summed E-state index contributed by atoms with van der Waals surface area (Å²) in [6.07, 6.45) is 15.9. The third-order valence-electron chi connectivity index (χ3n) is 7.31. The van der Waals surface area contributed by atoms with Gasteiger partial charge in [0.05, 0.1) is 12.2 Å². The quantitative estimate of drug-likeness (QED) is 0.398. The van der Waals surface area contributed by atoms with Crippen LogP contribution in [-0.4, -0.2) is 12.2 Å². The molecule has 130 valence electrons. The van der Waals surface area contributed by atoms with Crippen LogP contribution >= 0.6 is 0 Å². The Labute approximate surface area is 138 Å². The van der Waals surface area contributed by atoms with Gasteiger partial charge in [-0.15, -0.1) is 0 Å². The van der Waals surface area contributed by atoms with Gasteiger partial charge in [-0.3, -0.25) is 0 Å². The van der Waals surface area contributed by atoms with Gasteiger partial charge < -0.3 is 0 Å². The van der Waals surface area contributed by atoms with Crippen molar-refractivity contribution in [2.24, 2.45) is 10.8 Å². The predicted molar refractivity (Wildman–Crippen MR) is 92.7 cm³/mol.